The number of carbonyl (C=O) groups excluding carboxylic acids is 1. The van der Waals surface area contributed by atoms with Gasteiger partial charge in [-0.2, -0.15) is 0 Å². The summed E-state index contributed by atoms with van der Waals surface area (Å²) in [7, 11) is 3.35. The molecule has 0 saturated carbocycles. The van der Waals surface area contributed by atoms with Gasteiger partial charge in [-0.25, -0.2) is 4.99 Å². The van der Waals surface area contributed by atoms with Gasteiger partial charge in [0.1, 0.15) is 0 Å². The maximum atomic E-state index is 11.2. The zero-order valence-corrected chi connectivity index (χ0v) is 10.4. The van der Waals surface area contributed by atoms with Crippen LogP contribution < -0.4 is 5.32 Å². The highest BCUT2D eigenvalue weighted by molar-refractivity contribution is 8.31. The van der Waals surface area contributed by atoms with Crippen molar-refractivity contribution in [3.05, 3.63) is 12.4 Å². The second kappa shape index (κ2) is 8.51. The average molecular weight is 247 g/mol. The summed E-state index contributed by atoms with van der Waals surface area (Å²) < 4.78 is 8.64. The lowest BCUT2D eigenvalue weighted by Crippen LogP contribution is -2.07. The van der Waals surface area contributed by atoms with Gasteiger partial charge in [0, 0.05) is 26.5 Å². The molecule has 2 N–H and O–H groups in total. The van der Waals surface area contributed by atoms with Crippen LogP contribution in [0.1, 0.15) is 6.92 Å². The number of rotatable bonds is 2. The zero-order valence-electron chi connectivity index (χ0n) is 8.72. The Labute approximate surface area is 97.4 Å². The fourth-order valence-electron chi connectivity index (χ4n) is 0.525. The molecule has 0 bridgehead atoms. The molecule has 0 aromatic heterocycles. The smallest absolute Gasteiger partial charge is 0.271 e. The van der Waals surface area contributed by atoms with Crippen LogP contribution in [0.25, 0.3) is 0 Å². The third-order valence-electron chi connectivity index (χ3n) is 1.25. The van der Waals surface area contributed by atoms with Crippen LogP contribution in [-0.4, -0.2) is 33.9 Å². The largest absolute Gasteiger partial charge is 0.393 e. The monoisotopic (exact) mass is 247 g/mol. The third-order valence-corrected chi connectivity index (χ3v) is 2.70. The summed E-state index contributed by atoms with van der Waals surface area (Å²) in [5.41, 5.74) is 0. The minimum absolute atomic E-state index is 0.144. The molecule has 7 heteroatoms. The third kappa shape index (κ3) is 6.32. The predicted molar refractivity (Wildman–Crippen MR) is 67.5 cm³/mol. The summed E-state index contributed by atoms with van der Waals surface area (Å²) in [6.45, 7) is 1.76. The first-order valence-electron chi connectivity index (χ1n) is 4.02. The molecule has 0 atom stereocenters. The lowest BCUT2D eigenvalue weighted by molar-refractivity contribution is -0.105. The minimum atomic E-state index is -0.497. The van der Waals surface area contributed by atoms with Crippen LogP contribution in [0.5, 0.6) is 0 Å². The molecule has 0 saturated heterocycles. The van der Waals surface area contributed by atoms with E-state index in [0.717, 1.165) is 11.8 Å². The maximum absolute atomic E-state index is 11.2. The first-order valence-corrected chi connectivity index (χ1v) is 5.61. The van der Waals surface area contributed by atoms with Crippen molar-refractivity contribution in [1.29, 1.82) is 0 Å². The Hall–Kier alpha value is -0.790. The van der Waals surface area contributed by atoms with Crippen LogP contribution in [0.15, 0.2) is 22.4 Å². The quantitative estimate of drug-likeness (QED) is 0.440. The molecule has 0 rings (SSSR count). The van der Waals surface area contributed by atoms with Crippen LogP contribution in [0, 0.1) is 0 Å². The molecule has 0 unspecified atom stereocenters. The Bertz CT molecular complexity index is 300. The molecule has 0 aliphatic carbocycles. The SMILES string of the molecule is C/N=C(\C)S/C(=N\C=C\NC)C(=O)SO. The summed E-state index contributed by atoms with van der Waals surface area (Å²) in [4.78, 5) is 19.0. The Morgan fingerprint density at radius 1 is 1.53 bits per heavy atom. The van der Waals surface area contributed by atoms with Gasteiger partial charge in [0.25, 0.3) is 5.12 Å². The Morgan fingerprint density at radius 3 is 2.67 bits per heavy atom. The number of nitrogens with one attached hydrogen (secondary N) is 1. The topological polar surface area (TPSA) is 74.0 Å². The second-order valence-electron chi connectivity index (χ2n) is 2.26. The van der Waals surface area contributed by atoms with Crippen molar-refractivity contribution in [2.45, 2.75) is 6.92 Å². The summed E-state index contributed by atoms with van der Waals surface area (Å²) >= 11 is 1.26. The van der Waals surface area contributed by atoms with Crippen molar-refractivity contribution in [1.82, 2.24) is 5.32 Å². The maximum Gasteiger partial charge on any atom is 0.271 e. The van der Waals surface area contributed by atoms with E-state index in [9.17, 15) is 4.79 Å². The van der Waals surface area contributed by atoms with Crippen LogP contribution >= 0.6 is 23.8 Å². The lowest BCUT2D eigenvalue weighted by Gasteiger charge is -1.99. The molecule has 15 heavy (non-hydrogen) atoms. The van der Waals surface area contributed by atoms with Crippen molar-refractivity contribution in [3.8, 4) is 0 Å². The Kier molecular flexibility index (Phi) is 8.06. The molecule has 0 aromatic rings. The van der Waals surface area contributed by atoms with Gasteiger partial charge in [-0.1, -0.05) is 11.8 Å². The highest BCUT2D eigenvalue weighted by atomic mass is 32.2. The van der Waals surface area contributed by atoms with Crippen molar-refractivity contribution < 1.29 is 9.35 Å². The van der Waals surface area contributed by atoms with Crippen LogP contribution in [0.3, 0.4) is 0 Å². The van der Waals surface area contributed by atoms with E-state index in [4.69, 9.17) is 4.55 Å². The van der Waals surface area contributed by atoms with Crippen molar-refractivity contribution >= 4 is 39.0 Å². The second-order valence-corrected chi connectivity index (χ2v) is 4.00. The van der Waals surface area contributed by atoms with E-state index in [1.807, 2.05) is 0 Å². The molecule has 0 aromatic carbocycles. The number of nitrogens with zero attached hydrogens (tertiary/aromatic N) is 2. The summed E-state index contributed by atoms with van der Waals surface area (Å²) in [6.07, 6.45) is 3.02. The van der Waals surface area contributed by atoms with Crippen LogP contribution in [-0.2, 0) is 4.79 Å². The van der Waals surface area contributed by atoms with Crippen molar-refractivity contribution in [3.63, 3.8) is 0 Å². The molecule has 0 radical (unpaired) electrons. The van der Waals surface area contributed by atoms with Gasteiger partial charge in [0.05, 0.1) is 17.1 Å². The van der Waals surface area contributed by atoms with Crippen molar-refractivity contribution in [2.75, 3.05) is 14.1 Å². The normalized spacial score (nSPS) is 13.3. The van der Waals surface area contributed by atoms with Gasteiger partial charge >= 0.3 is 0 Å². The van der Waals surface area contributed by atoms with E-state index in [2.05, 4.69) is 15.3 Å². The van der Waals surface area contributed by atoms with Gasteiger partial charge in [0.15, 0.2) is 5.04 Å². The molecule has 0 aliphatic heterocycles. The van der Waals surface area contributed by atoms with Crippen molar-refractivity contribution in [2.24, 2.45) is 9.98 Å². The molecule has 0 amide bonds. The number of carbonyl (C=O) groups is 1. The molecular formula is C8H13N3O2S2. The average Bonchev–Trinajstić information content (AvgIpc) is 2.26. The Morgan fingerprint density at radius 2 is 2.20 bits per heavy atom. The van der Waals surface area contributed by atoms with Gasteiger partial charge in [-0.3, -0.25) is 9.79 Å². The van der Waals surface area contributed by atoms with Gasteiger partial charge < -0.3 is 9.87 Å². The Balaban J connectivity index is 4.65. The van der Waals surface area contributed by atoms with E-state index in [1.165, 1.54) is 6.20 Å². The van der Waals surface area contributed by atoms with E-state index in [-0.39, 0.29) is 17.1 Å². The summed E-state index contributed by atoms with van der Waals surface area (Å²) in [6, 6.07) is 0. The van der Waals surface area contributed by atoms with E-state index >= 15 is 0 Å². The number of hydrogen-bond acceptors (Lipinski definition) is 7. The number of thioether (sulfide) groups is 1. The van der Waals surface area contributed by atoms with E-state index in [0.29, 0.717) is 5.04 Å². The molecular weight excluding hydrogens is 234 g/mol. The lowest BCUT2D eigenvalue weighted by atomic mass is 10.8. The first kappa shape index (κ1) is 14.2. The highest BCUT2D eigenvalue weighted by Gasteiger charge is 2.12. The minimum Gasteiger partial charge on any atom is -0.393 e. The molecule has 0 fully saturated rings. The predicted octanol–water partition coefficient (Wildman–Crippen LogP) is 1.59. The molecule has 84 valence electrons. The fraction of sp³-hybridized carbons (Fsp3) is 0.375. The van der Waals surface area contributed by atoms with Crippen LogP contribution in [0.4, 0.5) is 0 Å². The van der Waals surface area contributed by atoms with Crippen LogP contribution in [0.2, 0.25) is 0 Å². The highest BCUT2D eigenvalue weighted by Crippen LogP contribution is 2.13. The molecule has 5 nitrogen and oxygen atoms in total. The van der Waals surface area contributed by atoms with Gasteiger partial charge in [0.2, 0.25) is 0 Å². The first-order chi connectivity index (χ1) is 7.15. The summed E-state index contributed by atoms with van der Waals surface area (Å²) in [5.74, 6) is 0. The molecule has 0 heterocycles. The van der Waals surface area contributed by atoms with E-state index in [1.54, 1.807) is 27.2 Å². The summed E-state index contributed by atoms with van der Waals surface area (Å²) in [5, 5.41) is 3.14. The van der Waals surface area contributed by atoms with Gasteiger partial charge in [-0.05, 0) is 6.92 Å². The number of aliphatic imine (C=N–C) groups is 2. The van der Waals surface area contributed by atoms with Gasteiger partial charge in [-0.15, -0.1) is 0 Å². The standard InChI is InChI=1S/C8H13N3O2S2/c1-6(10-3)14-7(8(12)15-13)11-5-4-9-2/h4-5,9,13H,1-3H3/b5-4+,10-6+,11-7-. The molecule has 0 spiro atoms. The molecule has 0 aliphatic rings. The zero-order chi connectivity index (χ0) is 11.7. The van der Waals surface area contributed by atoms with E-state index < -0.39 is 5.12 Å². The fourth-order valence-corrected chi connectivity index (χ4v) is 1.46. The number of hydrogen-bond donors (Lipinski definition) is 2.